The molecule has 1 aliphatic rings. The summed E-state index contributed by atoms with van der Waals surface area (Å²) in [5.41, 5.74) is -0.0183. The lowest BCUT2D eigenvalue weighted by molar-refractivity contribution is -0.384. The van der Waals surface area contributed by atoms with E-state index in [0.29, 0.717) is 11.7 Å². The number of anilines is 1. The number of hydrogen-bond donors (Lipinski definition) is 0. The fraction of sp³-hybridized carbons (Fsp3) is 0.615. The molecule has 0 aromatic carbocycles. The van der Waals surface area contributed by atoms with Gasteiger partial charge in [-0.25, -0.2) is 4.98 Å². The Kier molecular flexibility index (Phi) is 4.77. The Morgan fingerprint density at radius 2 is 2.15 bits per heavy atom. The van der Waals surface area contributed by atoms with Gasteiger partial charge in [-0.2, -0.15) is 0 Å². The molecule has 110 valence electrons. The summed E-state index contributed by atoms with van der Waals surface area (Å²) in [7, 11) is 4.03. The molecule has 0 atom stereocenters. The third-order valence-electron chi connectivity index (χ3n) is 3.74. The highest BCUT2D eigenvalue weighted by Gasteiger charge is 2.20. The van der Waals surface area contributed by atoms with Gasteiger partial charge in [0.15, 0.2) is 0 Å². The lowest BCUT2D eigenvalue weighted by atomic mass is 9.97. The maximum atomic E-state index is 10.8. The van der Waals surface area contributed by atoms with Crippen molar-refractivity contribution in [3.05, 3.63) is 27.4 Å². The Labute approximate surface area is 123 Å². The van der Waals surface area contributed by atoms with Crippen LogP contribution < -0.4 is 4.90 Å². The van der Waals surface area contributed by atoms with Crippen molar-refractivity contribution in [1.82, 2.24) is 9.88 Å². The second kappa shape index (κ2) is 6.37. The third-order valence-corrected chi connectivity index (χ3v) is 3.93. The second-order valence-electron chi connectivity index (χ2n) is 5.39. The van der Waals surface area contributed by atoms with E-state index in [2.05, 4.69) is 16.9 Å². The van der Waals surface area contributed by atoms with E-state index < -0.39 is 4.92 Å². The molecule has 0 unspecified atom stereocenters. The van der Waals surface area contributed by atoms with E-state index in [-0.39, 0.29) is 10.8 Å². The molecule has 0 spiro atoms. The molecule has 7 heteroatoms. The zero-order valence-corrected chi connectivity index (χ0v) is 12.5. The van der Waals surface area contributed by atoms with Crippen LogP contribution >= 0.6 is 11.6 Å². The number of likely N-dealkylation sites (tertiary alicyclic amines) is 1. The van der Waals surface area contributed by atoms with Crippen molar-refractivity contribution >= 4 is 23.1 Å². The van der Waals surface area contributed by atoms with Crippen molar-refractivity contribution in [2.75, 3.05) is 38.6 Å². The number of hydrogen-bond acceptors (Lipinski definition) is 5. The smallest absolute Gasteiger partial charge is 0.276 e. The Hall–Kier alpha value is -1.40. The maximum absolute atomic E-state index is 10.8. The maximum Gasteiger partial charge on any atom is 0.276 e. The van der Waals surface area contributed by atoms with Crippen LogP contribution in [0, 0.1) is 16.0 Å². The van der Waals surface area contributed by atoms with Crippen LogP contribution in [0.2, 0.25) is 5.15 Å². The van der Waals surface area contributed by atoms with Gasteiger partial charge in [-0.1, -0.05) is 11.6 Å². The van der Waals surface area contributed by atoms with Crippen LogP contribution in [-0.2, 0) is 0 Å². The monoisotopic (exact) mass is 298 g/mol. The van der Waals surface area contributed by atoms with Crippen LogP contribution in [-0.4, -0.2) is 48.5 Å². The van der Waals surface area contributed by atoms with Crippen LogP contribution in [0.3, 0.4) is 0 Å². The van der Waals surface area contributed by atoms with Crippen molar-refractivity contribution in [2.24, 2.45) is 5.92 Å². The molecule has 0 N–H and O–H groups in total. The minimum absolute atomic E-state index is 0.0183. The number of aromatic nitrogens is 1. The first-order valence-electron chi connectivity index (χ1n) is 6.67. The molecule has 2 rings (SSSR count). The van der Waals surface area contributed by atoms with E-state index in [0.717, 1.165) is 32.5 Å². The van der Waals surface area contributed by atoms with Crippen LogP contribution in [0.25, 0.3) is 0 Å². The van der Waals surface area contributed by atoms with E-state index in [1.165, 1.54) is 12.1 Å². The van der Waals surface area contributed by atoms with Crippen molar-refractivity contribution in [1.29, 1.82) is 0 Å². The summed E-state index contributed by atoms with van der Waals surface area (Å²) < 4.78 is 0. The van der Waals surface area contributed by atoms with Crippen LogP contribution in [0.5, 0.6) is 0 Å². The number of piperidine rings is 1. The molecule has 1 aromatic rings. The topological polar surface area (TPSA) is 62.5 Å². The summed E-state index contributed by atoms with van der Waals surface area (Å²) in [5, 5.41) is 11.0. The van der Waals surface area contributed by atoms with Gasteiger partial charge in [0, 0.05) is 13.6 Å². The molecule has 0 saturated carbocycles. The van der Waals surface area contributed by atoms with Crippen molar-refractivity contribution in [3.8, 4) is 0 Å². The highest BCUT2D eigenvalue weighted by Crippen LogP contribution is 2.24. The molecular weight excluding hydrogens is 280 g/mol. The second-order valence-corrected chi connectivity index (χ2v) is 5.78. The molecule has 1 fully saturated rings. The Morgan fingerprint density at radius 3 is 2.75 bits per heavy atom. The lowest BCUT2D eigenvalue weighted by Gasteiger charge is -2.32. The van der Waals surface area contributed by atoms with Gasteiger partial charge in [0.25, 0.3) is 5.69 Å². The molecular formula is C13H19ClN4O2. The molecule has 1 aliphatic heterocycles. The fourth-order valence-corrected chi connectivity index (χ4v) is 2.69. The van der Waals surface area contributed by atoms with Gasteiger partial charge in [-0.15, -0.1) is 0 Å². The standard InChI is InChI=1S/C13H19ClN4O2/c1-16-5-3-10(4-6-16)9-17(2)13-8-11(18(19)20)7-12(14)15-13/h7-8,10H,3-6,9H2,1-2H3. The first-order chi connectivity index (χ1) is 9.45. The number of rotatable bonds is 4. The predicted octanol–water partition coefficient (Wildman–Crippen LogP) is 2.42. The largest absolute Gasteiger partial charge is 0.359 e. The third kappa shape index (κ3) is 3.80. The van der Waals surface area contributed by atoms with Crippen molar-refractivity contribution < 1.29 is 4.92 Å². The van der Waals surface area contributed by atoms with Gasteiger partial charge in [0.05, 0.1) is 17.1 Å². The van der Waals surface area contributed by atoms with Crippen LogP contribution in [0.15, 0.2) is 12.1 Å². The summed E-state index contributed by atoms with van der Waals surface area (Å²) >= 11 is 5.85. The molecule has 20 heavy (non-hydrogen) atoms. The zero-order chi connectivity index (χ0) is 14.7. The number of pyridine rings is 1. The van der Waals surface area contributed by atoms with E-state index in [4.69, 9.17) is 11.6 Å². The number of halogens is 1. The summed E-state index contributed by atoms with van der Waals surface area (Å²) in [5.74, 6) is 1.15. The molecule has 1 saturated heterocycles. The minimum atomic E-state index is -0.444. The van der Waals surface area contributed by atoms with Crippen molar-refractivity contribution in [2.45, 2.75) is 12.8 Å². The summed E-state index contributed by atoms with van der Waals surface area (Å²) in [4.78, 5) is 18.8. The minimum Gasteiger partial charge on any atom is -0.359 e. The number of nitro groups is 1. The summed E-state index contributed by atoms with van der Waals surface area (Å²) in [6.07, 6.45) is 2.28. The normalized spacial score (nSPS) is 17.1. The van der Waals surface area contributed by atoms with Crippen LogP contribution in [0.1, 0.15) is 12.8 Å². The highest BCUT2D eigenvalue weighted by atomic mass is 35.5. The van der Waals surface area contributed by atoms with Crippen LogP contribution in [0.4, 0.5) is 11.5 Å². The lowest BCUT2D eigenvalue weighted by Crippen LogP contribution is -2.36. The Balaban J connectivity index is 2.05. The Bertz CT molecular complexity index is 489. The average molecular weight is 299 g/mol. The molecule has 0 aliphatic carbocycles. The first kappa shape index (κ1) is 15.0. The highest BCUT2D eigenvalue weighted by molar-refractivity contribution is 6.29. The average Bonchev–Trinajstić information content (AvgIpc) is 2.40. The predicted molar refractivity (Wildman–Crippen MR) is 79.4 cm³/mol. The molecule has 2 heterocycles. The quantitative estimate of drug-likeness (QED) is 0.485. The molecule has 0 amide bonds. The summed E-state index contributed by atoms with van der Waals surface area (Å²) in [6, 6.07) is 2.75. The Morgan fingerprint density at radius 1 is 1.50 bits per heavy atom. The van der Waals surface area contributed by atoms with E-state index in [1.807, 2.05) is 11.9 Å². The van der Waals surface area contributed by atoms with Gasteiger partial charge in [0.1, 0.15) is 11.0 Å². The SMILES string of the molecule is CN1CCC(CN(C)c2cc([N+](=O)[O-])cc(Cl)n2)CC1. The fourth-order valence-electron chi connectivity index (χ4n) is 2.50. The first-order valence-corrected chi connectivity index (χ1v) is 7.05. The van der Waals surface area contributed by atoms with Gasteiger partial charge < -0.3 is 9.80 Å². The molecule has 1 aromatic heterocycles. The molecule has 0 bridgehead atoms. The van der Waals surface area contributed by atoms with E-state index in [1.54, 1.807) is 0 Å². The summed E-state index contributed by atoms with van der Waals surface area (Å²) in [6.45, 7) is 3.04. The van der Waals surface area contributed by atoms with Gasteiger partial charge in [0.2, 0.25) is 0 Å². The zero-order valence-electron chi connectivity index (χ0n) is 11.8. The molecule has 0 radical (unpaired) electrons. The van der Waals surface area contributed by atoms with E-state index in [9.17, 15) is 10.1 Å². The van der Waals surface area contributed by atoms with E-state index >= 15 is 0 Å². The van der Waals surface area contributed by atoms with Gasteiger partial charge >= 0.3 is 0 Å². The number of nitrogens with zero attached hydrogens (tertiary/aromatic N) is 4. The van der Waals surface area contributed by atoms with Crippen molar-refractivity contribution in [3.63, 3.8) is 0 Å². The molecule has 6 nitrogen and oxygen atoms in total. The van der Waals surface area contributed by atoms with Gasteiger partial charge in [-0.05, 0) is 38.9 Å². The van der Waals surface area contributed by atoms with Gasteiger partial charge in [-0.3, -0.25) is 10.1 Å².